The summed E-state index contributed by atoms with van der Waals surface area (Å²) in [5.41, 5.74) is 2.02. The van der Waals surface area contributed by atoms with E-state index in [9.17, 15) is 4.79 Å². The van der Waals surface area contributed by atoms with Gasteiger partial charge >= 0.3 is 0 Å². The molecule has 0 spiro atoms. The van der Waals surface area contributed by atoms with Crippen LogP contribution in [0.15, 0.2) is 59.9 Å². The topological polar surface area (TPSA) is 67.8 Å². The standard InChI is InChI=1S/C19H12Cl2N4OS2/c20-12-6-7-14-15(8-12)28-19(23-14)25-17(26)16-13(21)9-22-18(24-16)27-10-11-4-2-1-3-5-11/h1-9H,10H2,(H,23,25,26). The van der Waals surface area contributed by atoms with Crippen LogP contribution in [0.25, 0.3) is 10.2 Å². The number of thiazole rings is 1. The van der Waals surface area contributed by atoms with Crippen LogP contribution in [0.2, 0.25) is 10.0 Å². The molecule has 1 N–H and O–H groups in total. The maximum atomic E-state index is 12.7. The molecular weight excluding hydrogens is 435 g/mol. The van der Waals surface area contributed by atoms with Crippen molar-refractivity contribution in [2.24, 2.45) is 0 Å². The molecule has 4 aromatic rings. The summed E-state index contributed by atoms with van der Waals surface area (Å²) in [7, 11) is 0. The fraction of sp³-hybridized carbons (Fsp3) is 0.0526. The molecule has 2 aromatic heterocycles. The number of benzene rings is 2. The number of hydrogen-bond acceptors (Lipinski definition) is 6. The monoisotopic (exact) mass is 446 g/mol. The third-order valence-corrected chi connectivity index (χ3v) is 6.10. The second-order valence-electron chi connectivity index (χ2n) is 5.71. The third-order valence-electron chi connectivity index (χ3n) is 3.72. The zero-order chi connectivity index (χ0) is 19.5. The Morgan fingerprint density at radius 1 is 1.11 bits per heavy atom. The first-order valence-electron chi connectivity index (χ1n) is 8.15. The van der Waals surface area contributed by atoms with E-state index in [-0.39, 0.29) is 10.7 Å². The van der Waals surface area contributed by atoms with E-state index < -0.39 is 5.91 Å². The Hall–Kier alpha value is -2.19. The number of amides is 1. The lowest BCUT2D eigenvalue weighted by Gasteiger charge is -2.05. The second kappa shape index (κ2) is 8.45. The average Bonchev–Trinajstić information content (AvgIpc) is 3.09. The summed E-state index contributed by atoms with van der Waals surface area (Å²) >= 11 is 14.9. The molecule has 0 bridgehead atoms. The van der Waals surface area contributed by atoms with Gasteiger partial charge in [-0.3, -0.25) is 10.1 Å². The number of fused-ring (bicyclic) bond motifs is 1. The van der Waals surface area contributed by atoms with E-state index in [2.05, 4.69) is 20.3 Å². The predicted octanol–water partition coefficient (Wildman–Crippen LogP) is 5.94. The van der Waals surface area contributed by atoms with Gasteiger partial charge in [-0.15, -0.1) is 0 Å². The largest absolute Gasteiger partial charge is 0.296 e. The van der Waals surface area contributed by atoms with Gasteiger partial charge in [-0.25, -0.2) is 15.0 Å². The van der Waals surface area contributed by atoms with E-state index in [1.54, 1.807) is 18.2 Å². The van der Waals surface area contributed by atoms with E-state index >= 15 is 0 Å². The molecule has 4 rings (SSSR count). The Balaban J connectivity index is 1.51. The molecule has 0 aliphatic rings. The molecule has 140 valence electrons. The second-order valence-corrected chi connectivity index (χ2v) is 8.53. The summed E-state index contributed by atoms with van der Waals surface area (Å²) in [6.07, 6.45) is 1.44. The minimum Gasteiger partial charge on any atom is -0.296 e. The van der Waals surface area contributed by atoms with Crippen LogP contribution in [0.3, 0.4) is 0 Å². The summed E-state index contributed by atoms with van der Waals surface area (Å²) < 4.78 is 0.885. The SMILES string of the molecule is O=C(Nc1nc2ccc(Cl)cc2s1)c1nc(SCc2ccccc2)ncc1Cl. The van der Waals surface area contributed by atoms with Crippen LogP contribution in [0.5, 0.6) is 0 Å². The lowest BCUT2D eigenvalue weighted by Crippen LogP contribution is -2.15. The summed E-state index contributed by atoms with van der Waals surface area (Å²) in [5.74, 6) is 0.265. The maximum Gasteiger partial charge on any atom is 0.277 e. The van der Waals surface area contributed by atoms with Crippen molar-refractivity contribution >= 4 is 67.6 Å². The molecule has 0 radical (unpaired) electrons. The van der Waals surface area contributed by atoms with Crippen LogP contribution in [0.4, 0.5) is 5.13 Å². The molecule has 0 unspecified atom stereocenters. The van der Waals surface area contributed by atoms with Crippen LogP contribution >= 0.6 is 46.3 Å². The lowest BCUT2D eigenvalue weighted by atomic mass is 10.2. The van der Waals surface area contributed by atoms with Crippen LogP contribution in [-0.2, 0) is 5.75 Å². The van der Waals surface area contributed by atoms with Gasteiger partial charge in [0.15, 0.2) is 16.0 Å². The Kier molecular flexibility index (Phi) is 5.77. The van der Waals surface area contributed by atoms with Gasteiger partial charge in [0.1, 0.15) is 0 Å². The van der Waals surface area contributed by atoms with E-state index in [0.717, 1.165) is 15.8 Å². The Bertz CT molecular complexity index is 1150. The number of nitrogens with one attached hydrogen (secondary N) is 1. The molecule has 1 amide bonds. The first kappa shape index (κ1) is 19.1. The van der Waals surface area contributed by atoms with Crippen LogP contribution in [0.1, 0.15) is 16.1 Å². The zero-order valence-corrected chi connectivity index (χ0v) is 17.4. The van der Waals surface area contributed by atoms with Gasteiger partial charge in [-0.1, -0.05) is 76.6 Å². The Morgan fingerprint density at radius 2 is 1.93 bits per heavy atom. The van der Waals surface area contributed by atoms with Crippen molar-refractivity contribution in [2.45, 2.75) is 10.9 Å². The van der Waals surface area contributed by atoms with Gasteiger partial charge in [0.25, 0.3) is 5.91 Å². The molecule has 0 saturated carbocycles. The number of rotatable bonds is 5. The zero-order valence-electron chi connectivity index (χ0n) is 14.2. The molecular formula is C19H12Cl2N4OS2. The number of carbonyl (C=O) groups is 1. The Morgan fingerprint density at radius 3 is 2.75 bits per heavy atom. The van der Waals surface area contributed by atoms with Crippen molar-refractivity contribution in [2.75, 3.05) is 5.32 Å². The highest BCUT2D eigenvalue weighted by Crippen LogP contribution is 2.29. The summed E-state index contributed by atoms with van der Waals surface area (Å²) in [6, 6.07) is 15.3. The molecule has 5 nitrogen and oxygen atoms in total. The number of anilines is 1. The van der Waals surface area contributed by atoms with Crippen molar-refractivity contribution in [1.29, 1.82) is 0 Å². The fourth-order valence-corrected chi connectivity index (χ4v) is 4.50. The molecule has 0 atom stereocenters. The van der Waals surface area contributed by atoms with Crippen molar-refractivity contribution in [1.82, 2.24) is 15.0 Å². The molecule has 2 aromatic carbocycles. The number of carbonyl (C=O) groups excluding carboxylic acids is 1. The van der Waals surface area contributed by atoms with Crippen LogP contribution < -0.4 is 5.32 Å². The van der Waals surface area contributed by atoms with E-state index in [1.165, 1.54) is 29.3 Å². The van der Waals surface area contributed by atoms with E-state index in [0.29, 0.717) is 21.1 Å². The molecule has 2 heterocycles. The molecule has 28 heavy (non-hydrogen) atoms. The highest BCUT2D eigenvalue weighted by molar-refractivity contribution is 7.98. The molecule has 0 fully saturated rings. The van der Waals surface area contributed by atoms with Crippen molar-refractivity contribution < 1.29 is 4.79 Å². The molecule has 0 aliphatic carbocycles. The number of halogens is 2. The number of aromatic nitrogens is 3. The third kappa shape index (κ3) is 4.44. The summed E-state index contributed by atoms with van der Waals surface area (Å²) in [6.45, 7) is 0. The Labute approximate surface area is 179 Å². The minimum atomic E-state index is -0.431. The highest BCUT2D eigenvalue weighted by Gasteiger charge is 2.17. The van der Waals surface area contributed by atoms with Gasteiger partial charge in [0.2, 0.25) is 0 Å². The fourth-order valence-electron chi connectivity index (χ4n) is 2.41. The number of nitrogens with zero attached hydrogens (tertiary/aromatic N) is 3. The van der Waals surface area contributed by atoms with Crippen molar-refractivity contribution in [3.8, 4) is 0 Å². The summed E-state index contributed by atoms with van der Waals surface area (Å²) in [4.78, 5) is 25.5. The van der Waals surface area contributed by atoms with Gasteiger partial charge < -0.3 is 0 Å². The van der Waals surface area contributed by atoms with Gasteiger partial charge in [0, 0.05) is 10.8 Å². The first-order chi connectivity index (χ1) is 13.6. The van der Waals surface area contributed by atoms with E-state index in [4.69, 9.17) is 23.2 Å². The van der Waals surface area contributed by atoms with Crippen molar-refractivity contribution in [3.63, 3.8) is 0 Å². The van der Waals surface area contributed by atoms with Crippen molar-refractivity contribution in [3.05, 3.63) is 76.0 Å². The summed E-state index contributed by atoms with van der Waals surface area (Å²) in [5, 5.41) is 4.49. The molecule has 0 saturated heterocycles. The first-order valence-corrected chi connectivity index (χ1v) is 10.7. The quantitative estimate of drug-likeness (QED) is 0.303. The van der Waals surface area contributed by atoms with Crippen LogP contribution in [-0.4, -0.2) is 20.9 Å². The van der Waals surface area contributed by atoms with Gasteiger partial charge in [-0.05, 0) is 23.8 Å². The van der Waals surface area contributed by atoms with E-state index in [1.807, 2.05) is 30.3 Å². The normalized spacial score (nSPS) is 10.9. The highest BCUT2D eigenvalue weighted by atomic mass is 35.5. The number of hydrogen-bond donors (Lipinski definition) is 1. The average molecular weight is 447 g/mol. The number of thioether (sulfide) groups is 1. The molecule has 9 heteroatoms. The maximum absolute atomic E-state index is 12.7. The minimum absolute atomic E-state index is 0.115. The molecule has 0 aliphatic heterocycles. The van der Waals surface area contributed by atoms with Gasteiger partial charge in [0.05, 0.1) is 21.4 Å². The lowest BCUT2D eigenvalue weighted by molar-refractivity contribution is 0.102. The predicted molar refractivity (Wildman–Crippen MR) is 116 cm³/mol. The van der Waals surface area contributed by atoms with Crippen LogP contribution in [0, 0.1) is 0 Å². The van der Waals surface area contributed by atoms with Gasteiger partial charge in [-0.2, -0.15) is 0 Å². The smallest absolute Gasteiger partial charge is 0.277 e.